The van der Waals surface area contributed by atoms with Gasteiger partial charge in [0.05, 0.1) is 0 Å². The second-order valence-corrected chi connectivity index (χ2v) is 4.06. The van der Waals surface area contributed by atoms with E-state index in [1.807, 2.05) is 24.3 Å². The number of anilines is 2. The summed E-state index contributed by atoms with van der Waals surface area (Å²) < 4.78 is 13.1. The third-order valence-corrected chi connectivity index (χ3v) is 2.63. The van der Waals surface area contributed by atoms with E-state index in [0.29, 0.717) is 12.1 Å². The van der Waals surface area contributed by atoms with Gasteiger partial charge in [-0.2, -0.15) is 0 Å². The van der Waals surface area contributed by atoms with Crippen LogP contribution in [0.3, 0.4) is 0 Å². The average molecular weight is 230 g/mol. The standard InChI is InChI=1S/C14H15FN2/c1-10-8-13(6-7-14(10)15)17-9-11-2-4-12(16)5-3-11/h2-8,17H,9,16H2,1H3. The summed E-state index contributed by atoms with van der Waals surface area (Å²) in [6.45, 7) is 2.45. The molecule has 0 amide bonds. The largest absolute Gasteiger partial charge is 0.399 e. The molecule has 2 aromatic carbocycles. The van der Waals surface area contributed by atoms with Gasteiger partial charge in [-0.3, -0.25) is 0 Å². The highest BCUT2D eigenvalue weighted by Crippen LogP contribution is 2.15. The van der Waals surface area contributed by atoms with Crippen LogP contribution in [0.1, 0.15) is 11.1 Å². The van der Waals surface area contributed by atoms with Gasteiger partial charge in [0.2, 0.25) is 0 Å². The van der Waals surface area contributed by atoms with E-state index in [4.69, 9.17) is 5.73 Å². The lowest BCUT2D eigenvalue weighted by atomic mass is 10.2. The zero-order valence-corrected chi connectivity index (χ0v) is 9.70. The fourth-order valence-electron chi connectivity index (χ4n) is 1.59. The Hall–Kier alpha value is -2.03. The fraction of sp³-hybridized carbons (Fsp3) is 0.143. The predicted octanol–water partition coefficient (Wildman–Crippen LogP) is 3.33. The number of aryl methyl sites for hydroxylation is 1. The Morgan fingerprint density at radius 1 is 1.12 bits per heavy atom. The van der Waals surface area contributed by atoms with Gasteiger partial charge in [-0.25, -0.2) is 4.39 Å². The Balaban J connectivity index is 2.02. The number of hydrogen-bond acceptors (Lipinski definition) is 2. The van der Waals surface area contributed by atoms with Gasteiger partial charge in [-0.1, -0.05) is 12.1 Å². The van der Waals surface area contributed by atoms with Crippen LogP contribution >= 0.6 is 0 Å². The van der Waals surface area contributed by atoms with Crippen LogP contribution in [0.5, 0.6) is 0 Å². The van der Waals surface area contributed by atoms with E-state index in [-0.39, 0.29) is 5.82 Å². The van der Waals surface area contributed by atoms with E-state index in [1.165, 1.54) is 6.07 Å². The first-order chi connectivity index (χ1) is 8.15. The van der Waals surface area contributed by atoms with Crippen molar-refractivity contribution in [2.24, 2.45) is 0 Å². The Labute approximate surface area is 100 Å². The van der Waals surface area contributed by atoms with Crippen molar-refractivity contribution in [1.29, 1.82) is 0 Å². The molecule has 0 saturated carbocycles. The van der Waals surface area contributed by atoms with Gasteiger partial charge in [0, 0.05) is 17.9 Å². The van der Waals surface area contributed by atoms with Gasteiger partial charge in [-0.15, -0.1) is 0 Å². The van der Waals surface area contributed by atoms with Gasteiger partial charge in [-0.05, 0) is 48.4 Å². The number of nitrogens with one attached hydrogen (secondary N) is 1. The lowest BCUT2D eigenvalue weighted by Crippen LogP contribution is -2.00. The van der Waals surface area contributed by atoms with Gasteiger partial charge >= 0.3 is 0 Å². The first kappa shape index (κ1) is 11.5. The molecule has 0 aromatic heterocycles. The van der Waals surface area contributed by atoms with Crippen molar-refractivity contribution in [2.45, 2.75) is 13.5 Å². The molecular weight excluding hydrogens is 215 g/mol. The highest BCUT2D eigenvalue weighted by molar-refractivity contribution is 5.47. The summed E-state index contributed by atoms with van der Waals surface area (Å²) >= 11 is 0. The Bertz CT molecular complexity index is 506. The molecule has 0 heterocycles. The summed E-state index contributed by atoms with van der Waals surface area (Å²) in [5, 5.41) is 3.24. The average Bonchev–Trinajstić information content (AvgIpc) is 2.33. The molecule has 3 N–H and O–H groups in total. The summed E-state index contributed by atoms with van der Waals surface area (Å²) in [5.74, 6) is -0.178. The van der Waals surface area contributed by atoms with Crippen LogP contribution in [0.15, 0.2) is 42.5 Å². The molecule has 2 rings (SSSR count). The van der Waals surface area contributed by atoms with Crippen molar-refractivity contribution in [1.82, 2.24) is 0 Å². The summed E-state index contributed by atoms with van der Waals surface area (Å²) in [6.07, 6.45) is 0. The first-order valence-corrected chi connectivity index (χ1v) is 5.49. The molecule has 17 heavy (non-hydrogen) atoms. The monoisotopic (exact) mass is 230 g/mol. The van der Waals surface area contributed by atoms with Crippen LogP contribution < -0.4 is 11.1 Å². The summed E-state index contributed by atoms with van der Waals surface area (Å²) in [5.41, 5.74) is 9.07. The molecule has 0 aliphatic heterocycles. The third-order valence-electron chi connectivity index (χ3n) is 2.63. The Morgan fingerprint density at radius 2 is 1.82 bits per heavy atom. The molecule has 0 spiro atoms. The maximum Gasteiger partial charge on any atom is 0.126 e. The van der Waals surface area contributed by atoms with Crippen LogP contribution in [-0.2, 0) is 6.54 Å². The minimum atomic E-state index is -0.178. The zero-order chi connectivity index (χ0) is 12.3. The molecule has 0 bridgehead atoms. The number of nitrogen functional groups attached to an aromatic ring is 1. The molecule has 0 aliphatic rings. The quantitative estimate of drug-likeness (QED) is 0.794. The minimum absolute atomic E-state index is 0.178. The molecule has 88 valence electrons. The van der Waals surface area contributed by atoms with Gasteiger partial charge in [0.25, 0.3) is 0 Å². The van der Waals surface area contributed by atoms with E-state index in [1.54, 1.807) is 19.1 Å². The van der Waals surface area contributed by atoms with Crippen LogP contribution in [0.2, 0.25) is 0 Å². The van der Waals surface area contributed by atoms with Crippen LogP contribution in [0, 0.1) is 12.7 Å². The van der Waals surface area contributed by atoms with Crippen LogP contribution in [0.25, 0.3) is 0 Å². The normalized spacial score (nSPS) is 10.2. The second kappa shape index (κ2) is 4.87. The number of halogens is 1. The van der Waals surface area contributed by atoms with Gasteiger partial charge in [0.15, 0.2) is 0 Å². The molecule has 0 aliphatic carbocycles. The number of nitrogens with two attached hydrogens (primary N) is 1. The molecule has 0 unspecified atom stereocenters. The highest BCUT2D eigenvalue weighted by atomic mass is 19.1. The minimum Gasteiger partial charge on any atom is -0.399 e. The van der Waals surface area contributed by atoms with Gasteiger partial charge < -0.3 is 11.1 Å². The third kappa shape index (κ3) is 2.97. The predicted molar refractivity (Wildman–Crippen MR) is 69.3 cm³/mol. The molecule has 0 radical (unpaired) electrons. The molecule has 3 heteroatoms. The van der Waals surface area contributed by atoms with Crippen molar-refractivity contribution < 1.29 is 4.39 Å². The smallest absolute Gasteiger partial charge is 0.126 e. The number of rotatable bonds is 3. The number of benzene rings is 2. The van der Waals surface area contributed by atoms with Crippen molar-refractivity contribution in [3.05, 3.63) is 59.4 Å². The summed E-state index contributed by atoms with van der Waals surface area (Å²) in [4.78, 5) is 0. The van der Waals surface area contributed by atoms with E-state index >= 15 is 0 Å². The lowest BCUT2D eigenvalue weighted by molar-refractivity contribution is 0.618. The van der Waals surface area contributed by atoms with Crippen molar-refractivity contribution >= 4 is 11.4 Å². The molecule has 2 nitrogen and oxygen atoms in total. The zero-order valence-electron chi connectivity index (χ0n) is 9.70. The van der Waals surface area contributed by atoms with Gasteiger partial charge in [0.1, 0.15) is 5.82 Å². The van der Waals surface area contributed by atoms with Crippen molar-refractivity contribution in [2.75, 3.05) is 11.1 Å². The van der Waals surface area contributed by atoms with Crippen LogP contribution in [-0.4, -0.2) is 0 Å². The lowest BCUT2D eigenvalue weighted by Gasteiger charge is -2.08. The Morgan fingerprint density at radius 3 is 2.47 bits per heavy atom. The van der Waals surface area contributed by atoms with E-state index in [0.717, 1.165) is 16.9 Å². The molecule has 0 atom stereocenters. The summed E-state index contributed by atoms with van der Waals surface area (Å²) in [7, 11) is 0. The van der Waals surface area contributed by atoms with Crippen molar-refractivity contribution in [3.63, 3.8) is 0 Å². The SMILES string of the molecule is Cc1cc(NCc2ccc(N)cc2)ccc1F. The maximum atomic E-state index is 13.1. The molecule has 0 saturated heterocycles. The topological polar surface area (TPSA) is 38.0 Å². The first-order valence-electron chi connectivity index (χ1n) is 5.49. The van der Waals surface area contributed by atoms with E-state index in [2.05, 4.69) is 5.32 Å². The second-order valence-electron chi connectivity index (χ2n) is 4.06. The molecular formula is C14H15FN2. The molecule has 2 aromatic rings. The van der Waals surface area contributed by atoms with Crippen molar-refractivity contribution in [3.8, 4) is 0 Å². The Kier molecular flexibility index (Phi) is 3.28. The highest BCUT2D eigenvalue weighted by Gasteiger charge is 1.99. The van der Waals surface area contributed by atoms with E-state index in [9.17, 15) is 4.39 Å². The fourth-order valence-corrected chi connectivity index (χ4v) is 1.59. The van der Waals surface area contributed by atoms with Crippen LogP contribution in [0.4, 0.5) is 15.8 Å². The maximum absolute atomic E-state index is 13.1. The van der Waals surface area contributed by atoms with E-state index < -0.39 is 0 Å². The summed E-state index contributed by atoms with van der Waals surface area (Å²) in [6, 6.07) is 12.7. The number of hydrogen-bond donors (Lipinski definition) is 2. The molecule has 0 fully saturated rings.